The van der Waals surface area contributed by atoms with E-state index in [1.165, 1.54) is 34.4 Å². The normalized spacial score (nSPS) is 11.1. The van der Waals surface area contributed by atoms with Crippen LogP contribution in [0.4, 0.5) is 5.69 Å². The van der Waals surface area contributed by atoms with Gasteiger partial charge in [-0.2, -0.15) is 0 Å². The first-order valence-electron chi connectivity index (χ1n) is 8.24. The van der Waals surface area contributed by atoms with Gasteiger partial charge in [0, 0.05) is 23.1 Å². The van der Waals surface area contributed by atoms with E-state index in [9.17, 15) is 19.7 Å². The van der Waals surface area contributed by atoms with Crippen LogP contribution in [0.1, 0.15) is 13.8 Å². The molecule has 0 aliphatic rings. The van der Waals surface area contributed by atoms with Crippen LogP contribution in [0.2, 0.25) is 0 Å². The summed E-state index contributed by atoms with van der Waals surface area (Å²) in [7, 11) is 0. The van der Waals surface area contributed by atoms with Gasteiger partial charge < -0.3 is 4.74 Å². The summed E-state index contributed by atoms with van der Waals surface area (Å²) in [5, 5.41) is 13.1. The number of ether oxygens (including phenoxy) is 1. The van der Waals surface area contributed by atoms with Gasteiger partial charge in [-0.15, -0.1) is 11.3 Å². The van der Waals surface area contributed by atoms with E-state index in [0.29, 0.717) is 21.3 Å². The van der Waals surface area contributed by atoms with Gasteiger partial charge in [0.1, 0.15) is 11.4 Å². The van der Waals surface area contributed by atoms with Crippen LogP contribution >= 0.6 is 11.3 Å². The molecule has 0 aliphatic heterocycles. The largest absolute Gasteiger partial charge is 0.464 e. The van der Waals surface area contributed by atoms with Crippen molar-refractivity contribution in [2.75, 3.05) is 6.61 Å². The number of esters is 1. The average Bonchev–Trinajstić information content (AvgIpc) is 3.07. The topological polar surface area (TPSA) is 104 Å². The highest BCUT2D eigenvalue weighted by Gasteiger charge is 2.17. The first-order valence-corrected chi connectivity index (χ1v) is 9.12. The number of carbonyl (C=O) groups excluding carboxylic acids is 1. The first kappa shape index (κ1) is 18.7. The molecule has 2 aromatic heterocycles. The summed E-state index contributed by atoms with van der Waals surface area (Å²) < 4.78 is 6.31. The lowest BCUT2D eigenvalue weighted by Crippen LogP contribution is -2.26. The molecule has 140 valence electrons. The average molecular weight is 387 g/mol. The maximum absolute atomic E-state index is 12.9. The molecule has 2 heterocycles. The van der Waals surface area contributed by atoms with E-state index in [1.54, 1.807) is 17.5 Å². The van der Waals surface area contributed by atoms with E-state index in [1.807, 2.05) is 13.8 Å². The number of fused-ring (bicyclic) bond motifs is 1. The van der Waals surface area contributed by atoms with Crippen molar-refractivity contribution in [3.8, 4) is 11.1 Å². The predicted molar refractivity (Wildman–Crippen MR) is 102 cm³/mol. The van der Waals surface area contributed by atoms with Crippen LogP contribution in [0, 0.1) is 16.0 Å². The Kier molecular flexibility index (Phi) is 5.31. The fourth-order valence-electron chi connectivity index (χ4n) is 2.52. The Labute approximate surface area is 158 Å². The Balaban J connectivity index is 2.00. The van der Waals surface area contributed by atoms with E-state index in [0.717, 1.165) is 0 Å². The molecule has 3 aromatic rings. The quantitative estimate of drug-likeness (QED) is 0.365. The van der Waals surface area contributed by atoms with Gasteiger partial charge in [-0.05, 0) is 11.5 Å². The van der Waals surface area contributed by atoms with Crippen molar-refractivity contribution in [3.63, 3.8) is 0 Å². The number of thiophene rings is 1. The van der Waals surface area contributed by atoms with E-state index < -0.39 is 10.9 Å². The van der Waals surface area contributed by atoms with E-state index in [-0.39, 0.29) is 30.3 Å². The van der Waals surface area contributed by atoms with E-state index >= 15 is 0 Å². The van der Waals surface area contributed by atoms with Crippen LogP contribution in [0.5, 0.6) is 0 Å². The summed E-state index contributed by atoms with van der Waals surface area (Å²) in [5.74, 6) is -0.317. The van der Waals surface area contributed by atoms with Crippen LogP contribution in [-0.4, -0.2) is 27.1 Å². The highest BCUT2D eigenvalue weighted by molar-refractivity contribution is 7.17. The van der Waals surface area contributed by atoms with Crippen LogP contribution in [0.15, 0.2) is 40.8 Å². The lowest BCUT2D eigenvalue weighted by Gasteiger charge is -2.08. The summed E-state index contributed by atoms with van der Waals surface area (Å²) in [6, 6.07) is 6.06. The van der Waals surface area contributed by atoms with E-state index in [2.05, 4.69) is 4.98 Å². The molecule has 1 aromatic carbocycles. The number of rotatable bonds is 6. The van der Waals surface area contributed by atoms with Crippen molar-refractivity contribution in [1.29, 1.82) is 0 Å². The molecule has 0 unspecified atom stereocenters. The summed E-state index contributed by atoms with van der Waals surface area (Å²) in [6.45, 7) is 3.88. The smallest absolute Gasteiger partial charge is 0.326 e. The summed E-state index contributed by atoms with van der Waals surface area (Å²) in [6.07, 6.45) is 1.31. The van der Waals surface area contributed by atoms with Crippen molar-refractivity contribution in [2.45, 2.75) is 20.4 Å². The summed E-state index contributed by atoms with van der Waals surface area (Å²) in [4.78, 5) is 40.1. The number of nitro benzene ring substituents is 1. The molecule has 0 saturated heterocycles. The van der Waals surface area contributed by atoms with Gasteiger partial charge in [-0.25, -0.2) is 4.98 Å². The molecular weight excluding hydrogens is 370 g/mol. The van der Waals surface area contributed by atoms with Gasteiger partial charge in [-0.3, -0.25) is 24.3 Å². The maximum Gasteiger partial charge on any atom is 0.326 e. The highest BCUT2D eigenvalue weighted by Crippen LogP contribution is 2.32. The zero-order chi connectivity index (χ0) is 19.6. The van der Waals surface area contributed by atoms with Gasteiger partial charge in [-0.1, -0.05) is 26.0 Å². The molecule has 0 spiro atoms. The minimum Gasteiger partial charge on any atom is -0.464 e. The summed E-state index contributed by atoms with van der Waals surface area (Å²) >= 11 is 1.27. The van der Waals surface area contributed by atoms with Gasteiger partial charge in [0.15, 0.2) is 0 Å². The number of hydrogen-bond donors (Lipinski definition) is 0. The zero-order valence-electron chi connectivity index (χ0n) is 14.7. The SMILES string of the molecule is CC(C)COC(=O)Cn1cnc2scc(-c3cccc([N+](=O)[O-])c3)c2c1=O. The molecule has 27 heavy (non-hydrogen) atoms. The number of nitrogens with zero attached hydrogens (tertiary/aromatic N) is 3. The van der Waals surface area contributed by atoms with Gasteiger partial charge in [0.2, 0.25) is 0 Å². The second-order valence-corrected chi connectivity index (χ2v) is 7.25. The third-order valence-corrected chi connectivity index (χ3v) is 4.69. The zero-order valence-corrected chi connectivity index (χ0v) is 15.6. The minimum absolute atomic E-state index is 0.0617. The van der Waals surface area contributed by atoms with Gasteiger partial charge in [0.25, 0.3) is 11.2 Å². The Morgan fingerprint density at radius 2 is 2.19 bits per heavy atom. The Bertz CT molecular complexity index is 1070. The molecule has 0 saturated carbocycles. The Hall–Kier alpha value is -3.07. The molecule has 9 heteroatoms. The van der Waals surface area contributed by atoms with Gasteiger partial charge in [0.05, 0.1) is 23.2 Å². The number of aromatic nitrogens is 2. The Morgan fingerprint density at radius 3 is 2.89 bits per heavy atom. The second kappa shape index (κ2) is 7.67. The molecule has 0 fully saturated rings. The lowest BCUT2D eigenvalue weighted by molar-refractivity contribution is -0.384. The molecule has 0 aliphatic carbocycles. The predicted octanol–water partition coefficient (Wildman–Crippen LogP) is 3.23. The number of benzene rings is 1. The highest BCUT2D eigenvalue weighted by atomic mass is 32.1. The van der Waals surface area contributed by atoms with E-state index in [4.69, 9.17) is 4.74 Å². The standard InChI is InChI=1S/C18H17N3O5S/c1-11(2)8-26-15(22)7-20-10-19-17-16(18(20)23)14(9-27-17)12-4-3-5-13(6-12)21(24)25/h3-6,9-11H,7-8H2,1-2H3. The molecule has 0 atom stereocenters. The van der Waals surface area contributed by atoms with Crippen molar-refractivity contribution in [3.05, 3.63) is 56.4 Å². The molecule has 0 amide bonds. The van der Waals surface area contributed by atoms with Crippen LogP contribution < -0.4 is 5.56 Å². The van der Waals surface area contributed by atoms with Crippen LogP contribution in [0.25, 0.3) is 21.3 Å². The molecule has 8 nitrogen and oxygen atoms in total. The molecule has 0 N–H and O–H groups in total. The van der Waals surface area contributed by atoms with Gasteiger partial charge >= 0.3 is 5.97 Å². The third-order valence-electron chi connectivity index (χ3n) is 3.81. The van der Waals surface area contributed by atoms with Crippen LogP contribution in [0.3, 0.4) is 0 Å². The summed E-state index contributed by atoms with van der Waals surface area (Å²) in [5.41, 5.74) is 0.660. The third kappa shape index (κ3) is 4.03. The number of carbonyl (C=O) groups is 1. The number of hydrogen-bond acceptors (Lipinski definition) is 7. The number of non-ortho nitro benzene ring substituents is 1. The van der Waals surface area contributed by atoms with Crippen LogP contribution in [-0.2, 0) is 16.1 Å². The number of nitro groups is 1. The minimum atomic E-state index is -0.515. The molecule has 3 rings (SSSR count). The fraction of sp³-hybridized carbons (Fsp3) is 0.278. The monoisotopic (exact) mass is 387 g/mol. The van der Waals surface area contributed by atoms with Crippen molar-refractivity contribution in [2.24, 2.45) is 5.92 Å². The maximum atomic E-state index is 12.9. The molecule has 0 bridgehead atoms. The fourth-order valence-corrected chi connectivity index (χ4v) is 3.43. The second-order valence-electron chi connectivity index (χ2n) is 6.39. The molecule has 0 radical (unpaired) electrons. The Morgan fingerprint density at radius 1 is 1.41 bits per heavy atom. The van der Waals surface area contributed by atoms with Crippen molar-refractivity contribution < 1.29 is 14.5 Å². The molecular formula is C18H17N3O5S. The lowest BCUT2D eigenvalue weighted by atomic mass is 10.1. The first-order chi connectivity index (χ1) is 12.9. The van der Waals surface area contributed by atoms with Crippen molar-refractivity contribution in [1.82, 2.24) is 9.55 Å². The van der Waals surface area contributed by atoms with Crippen molar-refractivity contribution >= 4 is 33.2 Å².